The van der Waals surface area contributed by atoms with Gasteiger partial charge in [0.05, 0.1) is 16.3 Å². The van der Waals surface area contributed by atoms with Crippen molar-refractivity contribution in [3.05, 3.63) is 48.5 Å². The molecular formula is C23H30N4O5S2. The van der Waals surface area contributed by atoms with Crippen molar-refractivity contribution in [2.75, 3.05) is 34.9 Å². The fraction of sp³-hybridized carbons (Fsp3) is 0.391. The van der Waals surface area contributed by atoms with Crippen molar-refractivity contribution >= 4 is 50.7 Å². The Morgan fingerprint density at radius 1 is 0.971 bits per heavy atom. The van der Waals surface area contributed by atoms with Crippen molar-refractivity contribution < 1.29 is 22.7 Å². The Labute approximate surface area is 204 Å². The van der Waals surface area contributed by atoms with Gasteiger partial charge in [-0.2, -0.15) is 0 Å². The number of carbonyl (C=O) groups excluding carboxylic acids is 2. The van der Waals surface area contributed by atoms with E-state index in [0.29, 0.717) is 28.1 Å². The number of hydrazine groups is 1. The van der Waals surface area contributed by atoms with E-state index in [2.05, 4.69) is 20.9 Å². The van der Waals surface area contributed by atoms with E-state index in [1.807, 2.05) is 0 Å². The quantitative estimate of drug-likeness (QED) is 0.343. The summed E-state index contributed by atoms with van der Waals surface area (Å²) in [7, 11) is -2.44. The predicted molar refractivity (Wildman–Crippen MR) is 135 cm³/mol. The SMILES string of the molecule is COCC(=O)NNc1ccc(NS(=O)(=O)c2cccc(NC(=O)CSC3CCCCC3)c2)cc1. The Balaban J connectivity index is 1.55. The normalized spacial score (nSPS) is 14.3. The van der Waals surface area contributed by atoms with Crippen LogP contribution in [0, 0.1) is 0 Å². The fourth-order valence-corrected chi connectivity index (χ4v) is 5.74. The molecule has 0 radical (unpaired) electrons. The topological polar surface area (TPSA) is 126 Å². The third-order valence-electron chi connectivity index (χ3n) is 5.19. The van der Waals surface area contributed by atoms with Gasteiger partial charge in [0.1, 0.15) is 6.61 Å². The molecule has 34 heavy (non-hydrogen) atoms. The van der Waals surface area contributed by atoms with E-state index in [0.717, 1.165) is 12.8 Å². The van der Waals surface area contributed by atoms with E-state index in [1.165, 1.54) is 38.5 Å². The number of carbonyl (C=O) groups is 2. The van der Waals surface area contributed by atoms with Crippen LogP contribution in [0.4, 0.5) is 17.1 Å². The molecule has 0 heterocycles. The van der Waals surface area contributed by atoms with Crippen LogP contribution in [0.5, 0.6) is 0 Å². The molecule has 1 aliphatic carbocycles. The van der Waals surface area contributed by atoms with Crippen molar-refractivity contribution in [2.24, 2.45) is 0 Å². The highest BCUT2D eigenvalue weighted by Crippen LogP contribution is 2.28. The summed E-state index contributed by atoms with van der Waals surface area (Å²) in [6, 6.07) is 12.5. The summed E-state index contributed by atoms with van der Waals surface area (Å²) in [5.41, 5.74) is 6.52. The molecule has 11 heteroatoms. The summed E-state index contributed by atoms with van der Waals surface area (Å²) in [5.74, 6) is -0.128. The number of rotatable bonds is 11. The third-order valence-corrected chi connectivity index (χ3v) is 7.94. The molecule has 2 aromatic carbocycles. The highest BCUT2D eigenvalue weighted by molar-refractivity contribution is 8.00. The van der Waals surface area contributed by atoms with Crippen LogP contribution in [0.2, 0.25) is 0 Å². The minimum absolute atomic E-state index is 0.0410. The number of hydrogen-bond donors (Lipinski definition) is 4. The van der Waals surface area contributed by atoms with Crippen LogP contribution in [0.15, 0.2) is 53.4 Å². The minimum atomic E-state index is -3.86. The molecule has 0 unspecified atom stereocenters. The lowest BCUT2D eigenvalue weighted by Gasteiger charge is -2.20. The maximum absolute atomic E-state index is 12.8. The fourth-order valence-electron chi connectivity index (χ4n) is 3.51. The number of methoxy groups -OCH3 is 1. The largest absolute Gasteiger partial charge is 0.375 e. The van der Waals surface area contributed by atoms with Crippen LogP contribution >= 0.6 is 11.8 Å². The summed E-state index contributed by atoms with van der Waals surface area (Å²) < 4.78 is 32.9. The summed E-state index contributed by atoms with van der Waals surface area (Å²) in [5, 5.41) is 3.32. The summed E-state index contributed by atoms with van der Waals surface area (Å²) in [4.78, 5) is 23.8. The highest BCUT2D eigenvalue weighted by Gasteiger charge is 2.17. The molecule has 1 saturated carbocycles. The molecule has 0 saturated heterocycles. The lowest BCUT2D eigenvalue weighted by atomic mass is 10.0. The first kappa shape index (κ1) is 25.9. The Hall–Kier alpha value is -2.76. The molecule has 184 valence electrons. The third kappa shape index (κ3) is 8.23. The smallest absolute Gasteiger partial charge is 0.264 e. The van der Waals surface area contributed by atoms with Gasteiger partial charge in [-0.05, 0) is 55.3 Å². The highest BCUT2D eigenvalue weighted by atomic mass is 32.2. The first-order chi connectivity index (χ1) is 16.4. The molecule has 3 rings (SSSR count). The van der Waals surface area contributed by atoms with Gasteiger partial charge < -0.3 is 10.1 Å². The maximum atomic E-state index is 12.8. The van der Waals surface area contributed by atoms with E-state index < -0.39 is 10.0 Å². The van der Waals surface area contributed by atoms with Crippen LogP contribution in [0.1, 0.15) is 32.1 Å². The molecule has 0 bridgehead atoms. The number of benzene rings is 2. The Kier molecular flexibility index (Phi) is 9.61. The van der Waals surface area contributed by atoms with E-state index in [9.17, 15) is 18.0 Å². The van der Waals surface area contributed by atoms with Gasteiger partial charge in [-0.1, -0.05) is 25.3 Å². The van der Waals surface area contributed by atoms with Crippen molar-refractivity contribution in [1.82, 2.24) is 5.43 Å². The summed E-state index contributed by atoms with van der Waals surface area (Å²) >= 11 is 1.67. The van der Waals surface area contributed by atoms with Gasteiger partial charge in [-0.15, -0.1) is 11.8 Å². The molecule has 9 nitrogen and oxygen atoms in total. The number of thioether (sulfide) groups is 1. The van der Waals surface area contributed by atoms with E-state index in [1.54, 1.807) is 48.2 Å². The van der Waals surface area contributed by atoms with Crippen molar-refractivity contribution in [1.29, 1.82) is 0 Å². The van der Waals surface area contributed by atoms with Crippen LogP contribution in [0.3, 0.4) is 0 Å². The Morgan fingerprint density at radius 3 is 2.38 bits per heavy atom. The lowest BCUT2D eigenvalue weighted by molar-refractivity contribution is -0.124. The molecule has 0 spiro atoms. The van der Waals surface area contributed by atoms with Gasteiger partial charge in [0.2, 0.25) is 5.91 Å². The zero-order valence-electron chi connectivity index (χ0n) is 19.0. The summed E-state index contributed by atoms with van der Waals surface area (Å²) in [6.45, 7) is -0.0796. The average Bonchev–Trinajstić information content (AvgIpc) is 2.83. The predicted octanol–water partition coefficient (Wildman–Crippen LogP) is 3.58. The van der Waals surface area contributed by atoms with Crippen molar-refractivity contribution in [2.45, 2.75) is 42.2 Å². The molecule has 0 aliphatic heterocycles. The zero-order chi connectivity index (χ0) is 24.4. The van der Waals surface area contributed by atoms with Crippen molar-refractivity contribution in [3.8, 4) is 0 Å². The summed E-state index contributed by atoms with van der Waals surface area (Å²) in [6.07, 6.45) is 6.01. The molecule has 2 amide bonds. The molecule has 0 aromatic heterocycles. The Morgan fingerprint density at radius 2 is 1.68 bits per heavy atom. The maximum Gasteiger partial charge on any atom is 0.264 e. The molecule has 1 fully saturated rings. The van der Waals surface area contributed by atoms with Gasteiger partial charge in [0, 0.05) is 23.7 Å². The van der Waals surface area contributed by atoms with Crippen LogP contribution in [-0.2, 0) is 24.3 Å². The van der Waals surface area contributed by atoms with Crippen molar-refractivity contribution in [3.63, 3.8) is 0 Å². The first-order valence-corrected chi connectivity index (χ1v) is 13.6. The number of amides is 2. The molecule has 0 atom stereocenters. The van der Waals surface area contributed by atoms with E-state index >= 15 is 0 Å². The van der Waals surface area contributed by atoms with E-state index in [-0.39, 0.29) is 23.3 Å². The Bertz CT molecular complexity index is 1070. The van der Waals surface area contributed by atoms with Gasteiger partial charge in [-0.25, -0.2) is 8.42 Å². The zero-order valence-corrected chi connectivity index (χ0v) is 20.6. The number of nitrogens with one attached hydrogen (secondary N) is 4. The van der Waals surface area contributed by atoms with Gasteiger partial charge in [-0.3, -0.25) is 25.2 Å². The second kappa shape index (κ2) is 12.6. The number of hydrogen-bond acceptors (Lipinski definition) is 7. The number of ether oxygens (including phenoxy) is 1. The standard InChI is InChI=1S/C23H30N4O5S2/c1-32-15-22(28)26-25-17-10-12-18(13-11-17)27-34(30,31)21-9-5-6-19(14-21)24-23(29)16-33-20-7-3-2-4-8-20/h5-6,9-14,20,25,27H,2-4,7-8,15-16H2,1H3,(H,24,29)(H,26,28). The minimum Gasteiger partial charge on any atom is -0.375 e. The molecule has 4 N–H and O–H groups in total. The van der Waals surface area contributed by atoms with Gasteiger partial charge in [0.15, 0.2) is 0 Å². The molecule has 1 aliphatic rings. The van der Waals surface area contributed by atoms with Crippen LogP contribution in [0.25, 0.3) is 0 Å². The van der Waals surface area contributed by atoms with E-state index in [4.69, 9.17) is 4.74 Å². The van der Waals surface area contributed by atoms with Crippen LogP contribution in [-0.4, -0.2) is 45.0 Å². The van der Waals surface area contributed by atoms with Gasteiger partial charge >= 0.3 is 0 Å². The lowest BCUT2D eigenvalue weighted by Crippen LogP contribution is -2.32. The molecular weight excluding hydrogens is 476 g/mol. The van der Waals surface area contributed by atoms with Crippen LogP contribution < -0.4 is 20.9 Å². The molecule has 2 aromatic rings. The number of anilines is 3. The first-order valence-electron chi connectivity index (χ1n) is 11.0. The number of sulfonamides is 1. The average molecular weight is 507 g/mol. The van der Waals surface area contributed by atoms with Gasteiger partial charge in [0.25, 0.3) is 15.9 Å². The monoisotopic (exact) mass is 506 g/mol. The second-order valence-electron chi connectivity index (χ2n) is 7.94. The second-order valence-corrected chi connectivity index (χ2v) is 10.9.